The van der Waals surface area contributed by atoms with Crippen molar-refractivity contribution in [3.8, 4) is 0 Å². The Morgan fingerprint density at radius 1 is 1.53 bits per heavy atom. The van der Waals surface area contributed by atoms with Crippen LogP contribution in [0.3, 0.4) is 0 Å². The van der Waals surface area contributed by atoms with Gasteiger partial charge in [-0.25, -0.2) is 0 Å². The first-order chi connectivity index (χ1) is 9.04. The van der Waals surface area contributed by atoms with Crippen molar-refractivity contribution < 1.29 is 9.53 Å². The number of aromatic nitrogens is 1. The van der Waals surface area contributed by atoms with Gasteiger partial charge < -0.3 is 20.4 Å². The van der Waals surface area contributed by atoms with E-state index in [0.717, 1.165) is 10.9 Å². The van der Waals surface area contributed by atoms with Crippen LogP contribution in [0.4, 0.5) is 5.69 Å². The largest absolute Gasteiger partial charge is 0.399 e. The predicted octanol–water partition coefficient (Wildman–Crippen LogP) is 1.86. The zero-order valence-corrected chi connectivity index (χ0v) is 11.4. The summed E-state index contributed by atoms with van der Waals surface area (Å²) >= 11 is 0. The van der Waals surface area contributed by atoms with E-state index in [1.165, 1.54) is 0 Å². The van der Waals surface area contributed by atoms with Gasteiger partial charge in [-0.3, -0.25) is 4.79 Å². The van der Waals surface area contributed by atoms with Crippen molar-refractivity contribution in [2.45, 2.75) is 13.0 Å². The normalized spacial score (nSPS) is 12.6. The Bertz CT molecular complexity index is 591. The van der Waals surface area contributed by atoms with Crippen LogP contribution in [0, 0.1) is 0 Å². The summed E-state index contributed by atoms with van der Waals surface area (Å²) in [6.07, 6.45) is 1.72. The molecule has 0 aliphatic rings. The van der Waals surface area contributed by atoms with Gasteiger partial charge in [-0.2, -0.15) is 0 Å². The van der Waals surface area contributed by atoms with E-state index in [2.05, 4.69) is 4.98 Å². The number of ether oxygens (including phenoxy) is 1. The van der Waals surface area contributed by atoms with Crippen LogP contribution >= 0.6 is 0 Å². The average molecular weight is 261 g/mol. The van der Waals surface area contributed by atoms with Crippen molar-refractivity contribution in [2.24, 2.45) is 0 Å². The number of hydrogen-bond donors (Lipinski definition) is 2. The van der Waals surface area contributed by atoms with E-state index >= 15 is 0 Å². The van der Waals surface area contributed by atoms with Gasteiger partial charge in [0.05, 0.1) is 18.2 Å². The molecule has 5 heteroatoms. The number of carbonyl (C=O) groups excluding carboxylic acids is 1. The van der Waals surface area contributed by atoms with E-state index in [9.17, 15) is 4.79 Å². The molecule has 1 atom stereocenters. The zero-order valence-electron chi connectivity index (χ0n) is 11.4. The standard InChI is InChI=1S/C14H19N3O2/c1-9(8-19-3)17(2)14(18)12-7-16-13-5-4-10(15)6-11(12)13/h4-7,9,16H,8,15H2,1-3H3. The van der Waals surface area contributed by atoms with Crippen LogP contribution < -0.4 is 5.73 Å². The summed E-state index contributed by atoms with van der Waals surface area (Å²) in [5, 5.41) is 0.849. The third-order valence-corrected chi connectivity index (χ3v) is 3.33. The summed E-state index contributed by atoms with van der Waals surface area (Å²) in [7, 11) is 3.40. The van der Waals surface area contributed by atoms with Crippen LogP contribution in [0.15, 0.2) is 24.4 Å². The number of hydrogen-bond acceptors (Lipinski definition) is 3. The number of nitrogens with one attached hydrogen (secondary N) is 1. The summed E-state index contributed by atoms with van der Waals surface area (Å²) < 4.78 is 5.08. The van der Waals surface area contributed by atoms with Crippen molar-refractivity contribution in [3.63, 3.8) is 0 Å². The van der Waals surface area contributed by atoms with Crippen LogP contribution in [0.1, 0.15) is 17.3 Å². The minimum atomic E-state index is -0.0404. The van der Waals surface area contributed by atoms with Gasteiger partial charge in [0.1, 0.15) is 0 Å². The number of benzene rings is 1. The molecule has 102 valence electrons. The van der Waals surface area contributed by atoms with Crippen molar-refractivity contribution in [3.05, 3.63) is 30.0 Å². The van der Waals surface area contributed by atoms with Crippen LogP contribution in [0.25, 0.3) is 10.9 Å². The predicted molar refractivity (Wildman–Crippen MR) is 76.1 cm³/mol. The monoisotopic (exact) mass is 261 g/mol. The maximum Gasteiger partial charge on any atom is 0.256 e. The fraction of sp³-hybridized carbons (Fsp3) is 0.357. The summed E-state index contributed by atoms with van der Waals surface area (Å²) in [5.41, 5.74) is 7.96. The number of nitrogens with two attached hydrogens (primary N) is 1. The lowest BCUT2D eigenvalue weighted by molar-refractivity contribution is 0.0635. The quantitative estimate of drug-likeness (QED) is 0.825. The first kappa shape index (κ1) is 13.4. The summed E-state index contributed by atoms with van der Waals surface area (Å²) in [4.78, 5) is 17.2. The van der Waals surface area contributed by atoms with Gasteiger partial charge >= 0.3 is 0 Å². The second kappa shape index (κ2) is 5.32. The summed E-state index contributed by atoms with van der Waals surface area (Å²) in [5.74, 6) is -0.0404. The number of fused-ring (bicyclic) bond motifs is 1. The molecular formula is C14H19N3O2. The number of carbonyl (C=O) groups is 1. The van der Waals surface area contributed by atoms with Gasteiger partial charge in [0.2, 0.25) is 0 Å². The lowest BCUT2D eigenvalue weighted by atomic mass is 10.1. The second-order valence-corrected chi connectivity index (χ2v) is 4.73. The molecule has 19 heavy (non-hydrogen) atoms. The van der Waals surface area contributed by atoms with E-state index in [1.54, 1.807) is 25.3 Å². The molecule has 0 aliphatic carbocycles. The topological polar surface area (TPSA) is 71.3 Å². The first-order valence-corrected chi connectivity index (χ1v) is 6.17. The second-order valence-electron chi connectivity index (χ2n) is 4.73. The van der Waals surface area contributed by atoms with Crippen LogP contribution in [0.5, 0.6) is 0 Å². The maximum absolute atomic E-state index is 12.5. The summed E-state index contributed by atoms with van der Waals surface area (Å²) in [6, 6.07) is 5.52. The molecule has 1 heterocycles. The summed E-state index contributed by atoms with van der Waals surface area (Å²) in [6.45, 7) is 2.46. The number of nitrogens with zero attached hydrogens (tertiary/aromatic N) is 1. The fourth-order valence-corrected chi connectivity index (χ4v) is 2.06. The van der Waals surface area contributed by atoms with E-state index in [1.807, 2.05) is 25.1 Å². The highest BCUT2D eigenvalue weighted by atomic mass is 16.5. The molecule has 0 aliphatic heterocycles. The lowest BCUT2D eigenvalue weighted by Gasteiger charge is -2.24. The van der Waals surface area contributed by atoms with E-state index < -0.39 is 0 Å². The van der Waals surface area contributed by atoms with Gasteiger partial charge in [0.25, 0.3) is 5.91 Å². The third kappa shape index (κ3) is 2.56. The highest BCUT2D eigenvalue weighted by Gasteiger charge is 2.20. The maximum atomic E-state index is 12.5. The number of aromatic amines is 1. The Balaban J connectivity index is 2.33. The number of rotatable bonds is 4. The lowest BCUT2D eigenvalue weighted by Crippen LogP contribution is -2.37. The average Bonchev–Trinajstić information content (AvgIpc) is 2.80. The molecule has 0 spiro atoms. The van der Waals surface area contributed by atoms with Crippen LogP contribution in [-0.4, -0.2) is 42.6 Å². The van der Waals surface area contributed by atoms with Crippen LogP contribution in [-0.2, 0) is 4.74 Å². The molecule has 1 aromatic heterocycles. The Morgan fingerprint density at radius 2 is 2.26 bits per heavy atom. The Hall–Kier alpha value is -2.01. The van der Waals surface area contributed by atoms with Crippen LogP contribution in [0.2, 0.25) is 0 Å². The van der Waals surface area contributed by atoms with E-state index in [4.69, 9.17) is 10.5 Å². The molecule has 2 rings (SSSR count). The van der Waals surface area contributed by atoms with Crippen molar-refractivity contribution in [1.82, 2.24) is 9.88 Å². The third-order valence-electron chi connectivity index (χ3n) is 3.33. The van der Waals surface area contributed by atoms with Gasteiger partial charge in [-0.1, -0.05) is 0 Å². The fourth-order valence-electron chi connectivity index (χ4n) is 2.06. The van der Waals surface area contributed by atoms with Crippen molar-refractivity contribution >= 4 is 22.5 Å². The molecule has 1 aromatic carbocycles. The highest BCUT2D eigenvalue weighted by Crippen LogP contribution is 2.22. The minimum Gasteiger partial charge on any atom is -0.399 e. The number of nitrogen functional groups attached to an aromatic ring is 1. The first-order valence-electron chi connectivity index (χ1n) is 6.17. The Morgan fingerprint density at radius 3 is 2.95 bits per heavy atom. The smallest absolute Gasteiger partial charge is 0.256 e. The zero-order chi connectivity index (χ0) is 14.0. The number of H-pyrrole nitrogens is 1. The molecule has 0 bridgehead atoms. The van der Waals surface area contributed by atoms with Gasteiger partial charge in [-0.15, -0.1) is 0 Å². The molecule has 2 aromatic rings. The van der Waals surface area contributed by atoms with E-state index in [0.29, 0.717) is 17.9 Å². The molecule has 1 amide bonds. The molecular weight excluding hydrogens is 242 g/mol. The highest BCUT2D eigenvalue weighted by molar-refractivity contribution is 6.07. The minimum absolute atomic E-state index is 0.0171. The Labute approximate surface area is 112 Å². The molecule has 5 nitrogen and oxygen atoms in total. The van der Waals surface area contributed by atoms with Gasteiger partial charge in [-0.05, 0) is 25.1 Å². The number of anilines is 1. The van der Waals surface area contributed by atoms with Gasteiger partial charge in [0, 0.05) is 36.9 Å². The number of likely N-dealkylation sites (N-methyl/N-ethyl adjacent to an activating group) is 1. The molecule has 0 saturated heterocycles. The molecule has 0 fully saturated rings. The van der Waals surface area contributed by atoms with Gasteiger partial charge in [0.15, 0.2) is 0 Å². The SMILES string of the molecule is COCC(C)N(C)C(=O)c1c[nH]c2ccc(N)cc12. The van der Waals surface area contributed by atoms with Crippen molar-refractivity contribution in [1.29, 1.82) is 0 Å². The molecule has 3 N–H and O–H groups in total. The Kier molecular flexibility index (Phi) is 3.76. The molecule has 0 saturated carbocycles. The number of amides is 1. The van der Waals surface area contributed by atoms with E-state index in [-0.39, 0.29) is 11.9 Å². The number of methoxy groups -OCH3 is 1. The molecule has 0 radical (unpaired) electrons. The van der Waals surface area contributed by atoms with Crippen molar-refractivity contribution in [2.75, 3.05) is 26.5 Å². The molecule has 1 unspecified atom stereocenters.